The zero-order valence-electron chi connectivity index (χ0n) is 10.2. The van der Waals surface area contributed by atoms with Crippen LogP contribution < -0.4 is 0 Å². The van der Waals surface area contributed by atoms with Crippen LogP contribution in [0.15, 0.2) is 46.2 Å². The van der Waals surface area contributed by atoms with Crippen molar-refractivity contribution >= 4 is 23.5 Å². The average Bonchev–Trinajstić information content (AvgIpc) is 2.38. The molecule has 2 aromatic rings. The van der Waals surface area contributed by atoms with Crippen LogP contribution in [0.1, 0.15) is 0 Å². The summed E-state index contributed by atoms with van der Waals surface area (Å²) in [5.74, 6) is 0.542. The molecular weight excluding hydrogens is 264 g/mol. The maximum atomic E-state index is 9.53. The first kappa shape index (κ1) is 13.2. The molecule has 0 aliphatic heterocycles. The van der Waals surface area contributed by atoms with E-state index in [4.69, 9.17) is 0 Å². The number of thioether (sulfide) groups is 2. The Morgan fingerprint density at radius 2 is 1.11 bits per heavy atom. The van der Waals surface area contributed by atoms with Gasteiger partial charge < -0.3 is 10.2 Å². The van der Waals surface area contributed by atoms with Gasteiger partial charge in [-0.25, -0.2) is 0 Å². The van der Waals surface area contributed by atoms with E-state index in [0.717, 1.165) is 20.9 Å². The Kier molecular flexibility index (Phi) is 4.09. The van der Waals surface area contributed by atoms with Gasteiger partial charge in [-0.1, -0.05) is 0 Å². The Balaban J connectivity index is 2.61. The highest BCUT2D eigenvalue weighted by molar-refractivity contribution is 7.99. The molecule has 0 aliphatic rings. The van der Waals surface area contributed by atoms with Crippen LogP contribution in [0, 0.1) is 0 Å². The largest absolute Gasteiger partial charge is 0.508 e. The van der Waals surface area contributed by atoms with Crippen molar-refractivity contribution < 1.29 is 10.2 Å². The smallest absolute Gasteiger partial charge is 0.116 e. The highest BCUT2D eigenvalue weighted by Crippen LogP contribution is 2.38. The molecule has 0 fully saturated rings. The van der Waals surface area contributed by atoms with E-state index in [1.54, 1.807) is 47.8 Å². The quantitative estimate of drug-likeness (QED) is 0.825. The van der Waals surface area contributed by atoms with Crippen molar-refractivity contribution in [3.05, 3.63) is 36.4 Å². The van der Waals surface area contributed by atoms with Gasteiger partial charge in [0.05, 0.1) is 0 Å². The Morgan fingerprint density at radius 3 is 1.44 bits per heavy atom. The summed E-state index contributed by atoms with van der Waals surface area (Å²) in [5, 5.41) is 19.1. The molecule has 2 N–H and O–H groups in total. The number of rotatable bonds is 3. The summed E-state index contributed by atoms with van der Waals surface area (Å²) in [7, 11) is 0. The number of hydrogen-bond acceptors (Lipinski definition) is 4. The van der Waals surface area contributed by atoms with E-state index in [0.29, 0.717) is 0 Å². The summed E-state index contributed by atoms with van der Waals surface area (Å²) >= 11 is 3.19. The van der Waals surface area contributed by atoms with E-state index < -0.39 is 0 Å². The molecule has 0 saturated heterocycles. The third kappa shape index (κ3) is 2.60. The molecule has 0 atom stereocenters. The van der Waals surface area contributed by atoms with Crippen molar-refractivity contribution in [2.75, 3.05) is 12.5 Å². The Morgan fingerprint density at radius 1 is 0.722 bits per heavy atom. The molecule has 0 amide bonds. The first-order valence-corrected chi connectivity index (χ1v) is 7.85. The molecule has 0 unspecified atom stereocenters. The number of phenolic OH excluding ortho intramolecular Hbond substituents is 2. The normalized spacial score (nSPS) is 10.6. The van der Waals surface area contributed by atoms with E-state index in [-0.39, 0.29) is 11.5 Å². The number of hydrogen-bond donors (Lipinski definition) is 2. The van der Waals surface area contributed by atoms with E-state index >= 15 is 0 Å². The molecule has 0 spiro atoms. The van der Waals surface area contributed by atoms with Crippen LogP contribution in [0.4, 0.5) is 0 Å². The topological polar surface area (TPSA) is 40.5 Å². The standard InChI is InChI=1S/C14H14O2S2/c1-17-13-7-9(15)3-5-11(13)12-6-4-10(16)8-14(12)18-2/h3-8,15-16H,1-2H3. The number of benzene rings is 2. The van der Waals surface area contributed by atoms with Gasteiger partial charge in [-0.3, -0.25) is 0 Å². The second-order valence-electron chi connectivity index (χ2n) is 3.77. The molecule has 18 heavy (non-hydrogen) atoms. The van der Waals surface area contributed by atoms with Crippen LogP contribution in [0.25, 0.3) is 11.1 Å². The minimum Gasteiger partial charge on any atom is -0.508 e. The molecule has 0 saturated carbocycles. The van der Waals surface area contributed by atoms with Crippen LogP contribution in [0.2, 0.25) is 0 Å². The molecule has 0 heterocycles. The molecular formula is C14H14O2S2. The number of phenols is 2. The van der Waals surface area contributed by atoms with E-state index in [2.05, 4.69) is 0 Å². The van der Waals surface area contributed by atoms with Gasteiger partial charge in [-0.15, -0.1) is 23.5 Å². The van der Waals surface area contributed by atoms with Gasteiger partial charge in [0.25, 0.3) is 0 Å². The van der Waals surface area contributed by atoms with Crippen molar-refractivity contribution in [1.29, 1.82) is 0 Å². The number of aromatic hydroxyl groups is 2. The van der Waals surface area contributed by atoms with Crippen LogP contribution in [0.5, 0.6) is 11.5 Å². The molecule has 0 bridgehead atoms. The second kappa shape index (κ2) is 5.59. The molecule has 0 aromatic heterocycles. The average molecular weight is 278 g/mol. The van der Waals surface area contributed by atoms with Gasteiger partial charge in [-0.05, 0) is 60.0 Å². The monoisotopic (exact) mass is 278 g/mol. The van der Waals surface area contributed by atoms with Gasteiger partial charge in [-0.2, -0.15) is 0 Å². The lowest BCUT2D eigenvalue weighted by atomic mass is 10.1. The third-order valence-corrected chi connectivity index (χ3v) is 4.22. The molecule has 0 aliphatic carbocycles. The Bertz CT molecular complexity index is 516. The first-order valence-electron chi connectivity index (χ1n) is 5.40. The summed E-state index contributed by atoms with van der Waals surface area (Å²) in [6.07, 6.45) is 3.97. The molecule has 4 heteroatoms. The maximum Gasteiger partial charge on any atom is 0.116 e. The van der Waals surface area contributed by atoms with E-state index in [1.165, 1.54) is 0 Å². The lowest BCUT2D eigenvalue weighted by molar-refractivity contribution is 0.473. The van der Waals surface area contributed by atoms with Gasteiger partial charge in [0.1, 0.15) is 11.5 Å². The summed E-state index contributed by atoms with van der Waals surface area (Å²) in [5.41, 5.74) is 2.15. The summed E-state index contributed by atoms with van der Waals surface area (Å²) in [6.45, 7) is 0. The summed E-state index contributed by atoms with van der Waals surface area (Å²) < 4.78 is 0. The molecule has 94 valence electrons. The maximum absolute atomic E-state index is 9.53. The van der Waals surface area contributed by atoms with Crippen molar-refractivity contribution in [3.63, 3.8) is 0 Å². The van der Waals surface area contributed by atoms with Crippen LogP contribution in [-0.4, -0.2) is 22.7 Å². The fraction of sp³-hybridized carbons (Fsp3) is 0.143. The Hall–Kier alpha value is -1.26. The minimum atomic E-state index is 0.271. The zero-order chi connectivity index (χ0) is 13.1. The van der Waals surface area contributed by atoms with Crippen LogP contribution >= 0.6 is 23.5 Å². The van der Waals surface area contributed by atoms with Gasteiger partial charge in [0.15, 0.2) is 0 Å². The lowest BCUT2D eigenvalue weighted by Crippen LogP contribution is -1.85. The van der Waals surface area contributed by atoms with E-state index in [1.807, 2.05) is 24.6 Å². The van der Waals surface area contributed by atoms with Gasteiger partial charge in [0, 0.05) is 9.79 Å². The van der Waals surface area contributed by atoms with Crippen molar-refractivity contribution in [2.24, 2.45) is 0 Å². The predicted molar refractivity (Wildman–Crippen MR) is 78.8 cm³/mol. The fourth-order valence-electron chi connectivity index (χ4n) is 1.80. The second-order valence-corrected chi connectivity index (χ2v) is 5.47. The van der Waals surface area contributed by atoms with E-state index in [9.17, 15) is 10.2 Å². The van der Waals surface area contributed by atoms with Crippen LogP contribution in [0.3, 0.4) is 0 Å². The fourth-order valence-corrected chi connectivity index (χ4v) is 3.08. The molecule has 2 nitrogen and oxygen atoms in total. The SMILES string of the molecule is CSc1cc(O)ccc1-c1ccc(O)cc1SC. The van der Waals surface area contributed by atoms with Crippen LogP contribution in [-0.2, 0) is 0 Å². The molecule has 2 rings (SSSR count). The first-order chi connectivity index (χ1) is 8.65. The minimum absolute atomic E-state index is 0.271. The third-order valence-electron chi connectivity index (χ3n) is 2.66. The molecule has 0 radical (unpaired) electrons. The van der Waals surface area contributed by atoms with Crippen molar-refractivity contribution in [2.45, 2.75) is 9.79 Å². The highest BCUT2D eigenvalue weighted by atomic mass is 32.2. The summed E-state index contributed by atoms with van der Waals surface area (Å²) in [4.78, 5) is 2.05. The summed E-state index contributed by atoms with van der Waals surface area (Å²) in [6, 6.07) is 10.7. The van der Waals surface area contributed by atoms with Crippen molar-refractivity contribution in [1.82, 2.24) is 0 Å². The zero-order valence-corrected chi connectivity index (χ0v) is 11.8. The highest BCUT2D eigenvalue weighted by Gasteiger charge is 2.10. The Labute approximate surface area is 115 Å². The molecule has 2 aromatic carbocycles. The van der Waals surface area contributed by atoms with Gasteiger partial charge in [0.2, 0.25) is 0 Å². The van der Waals surface area contributed by atoms with Gasteiger partial charge >= 0.3 is 0 Å². The lowest BCUT2D eigenvalue weighted by Gasteiger charge is -2.12. The van der Waals surface area contributed by atoms with Crippen molar-refractivity contribution in [3.8, 4) is 22.6 Å². The predicted octanol–water partition coefficient (Wildman–Crippen LogP) is 4.21.